The summed E-state index contributed by atoms with van der Waals surface area (Å²) in [6.07, 6.45) is -0.402. The van der Waals surface area contributed by atoms with Crippen molar-refractivity contribution < 1.29 is 5.11 Å². The normalized spacial score (nSPS) is 15.5. The van der Waals surface area contributed by atoms with E-state index in [4.69, 9.17) is 0 Å². The van der Waals surface area contributed by atoms with Gasteiger partial charge in [-0.05, 0) is 26.1 Å². The molecule has 0 spiro atoms. The van der Waals surface area contributed by atoms with Crippen molar-refractivity contribution in [3.8, 4) is 0 Å². The fourth-order valence-corrected chi connectivity index (χ4v) is 1.46. The van der Waals surface area contributed by atoms with Gasteiger partial charge in [0.1, 0.15) is 0 Å². The summed E-state index contributed by atoms with van der Waals surface area (Å²) in [6.45, 7) is 5.08. The van der Waals surface area contributed by atoms with Crippen LogP contribution in [0.15, 0.2) is 30.3 Å². The van der Waals surface area contributed by atoms with E-state index in [0.717, 1.165) is 12.1 Å². The lowest BCUT2D eigenvalue weighted by molar-refractivity contribution is 0.0755. The van der Waals surface area contributed by atoms with Gasteiger partial charge < -0.3 is 10.0 Å². The maximum Gasteiger partial charge on any atom is 0.0942 e. The summed E-state index contributed by atoms with van der Waals surface area (Å²) in [5.74, 6) is 0. The van der Waals surface area contributed by atoms with Crippen molar-refractivity contribution in [2.45, 2.75) is 26.0 Å². The van der Waals surface area contributed by atoms with Crippen molar-refractivity contribution in [2.75, 3.05) is 13.6 Å². The van der Waals surface area contributed by atoms with Gasteiger partial charge in [0, 0.05) is 6.04 Å². The fraction of sp³-hybridized carbons (Fsp3) is 0.500. The summed E-state index contributed by atoms with van der Waals surface area (Å²) < 4.78 is 0. The predicted octanol–water partition coefficient (Wildman–Crippen LogP) is 2.06. The third kappa shape index (κ3) is 2.56. The first-order valence-corrected chi connectivity index (χ1v) is 5.10. The molecule has 0 radical (unpaired) electrons. The molecule has 0 aliphatic carbocycles. The van der Waals surface area contributed by atoms with Crippen LogP contribution in [0.25, 0.3) is 0 Å². The average Bonchev–Trinajstić information content (AvgIpc) is 2.27. The van der Waals surface area contributed by atoms with Gasteiger partial charge in [-0.2, -0.15) is 0 Å². The van der Waals surface area contributed by atoms with Gasteiger partial charge in [0.25, 0.3) is 0 Å². The zero-order chi connectivity index (χ0) is 10.6. The van der Waals surface area contributed by atoms with E-state index in [2.05, 4.69) is 11.8 Å². The lowest BCUT2D eigenvalue weighted by Gasteiger charge is -2.27. The number of rotatable bonds is 4. The Bertz CT molecular complexity index is 260. The zero-order valence-corrected chi connectivity index (χ0v) is 9.14. The molecule has 1 aromatic carbocycles. The first kappa shape index (κ1) is 11.2. The SMILES string of the molecule is CCN(C)[C@H](C)C(O)c1ccccc1. The quantitative estimate of drug-likeness (QED) is 0.791. The van der Waals surface area contributed by atoms with Crippen molar-refractivity contribution in [3.63, 3.8) is 0 Å². The molecule has 1 rings (SSSR count). The molecule has 0 heterocycles. The highest BCUT2D eigenvalue weighted by Crippen LogP contribution is 2.19. The predicted molar refractivity (Wildman–Crippen MR) is 59.2 cm³/mol. The number of aliphatic hydroxyl groups excluding tert-OH is 1. The van der Waals surface area contributed by atoms with E-state index in [9.17, 15) is 5.11 Å². The van der Waals surface area contributed by atoms with Gasteiger partial charge in [-0.1, -0.05) is 37.3 Å². The number of hydrogen-bond acceptors (Lipinski definition) is 2. The molecule has 1 N–H and O–H groups in total. The number of nitrogens with zero attached hydrogens (tertiary/aromatic N) is 1. The molecule has 0 aliphatic heterocycles. The third-order valence-electron chi connectivity index (χ3n) is 2.79. The summed E-state index contributed by atoms with van der Waals surface area (Å²) in [7, 11) is 2.02. The van der Waals surface area contributed by atoms with Gasteiger partial charge in [0.05, 0.1) is 6.10 Å². The molecule has 0 bridgehead atoms. The van der Waals surface area contributed by atoms with Crippen molar-refractivity contribution >= 4 is 0 Å². The summed E-state index contributed by atoms with van der Waals surface area (Å²) >= 11 is 0. The monoisotopic (exact) mass is 193 g/mol. The molecule has 14 heavy (non-hydrogen) atoms. The fourth-order valence-electron chi connectivity index (χ4n) is 1.46. The van der Waals surface area contributed by atoms with E-state index < -0.39 is 6.10 Å². The molecule has 0 saturated heterocycles. The second-order valence-corrected chi connectivity index (χ2v) is 3.67. The number of hydrogen-bond donors (Lipinski definition) is 1. The Hall–Kier alpha value is -0.860. The minimum Gasteiger partial charge on any atom is -0.387 e. The van der Waals surface area contributed by atoms with Gasteiger partial charge in [0.15, 0.2) is 0 Å². The van der Waals surface area contributed by atoms with Gasteiger partial charge in [-0.15, -0.1) is 0 Å². The summed E-state index contributed by atoms with van der Waals surface area (Å²) in [5.41, 5.74) is 0.986. The Balaban J connectivity index is 2.70. The molecular formula is C12H19NO. The van der Waals surface area contributed by atoms with E-state index >= 15 is 0 Å². The van der Waals surface area contributed by atoms with Crippen LogP contribution in [0.5, 0.6) is 0 Å². The molecule has 1 aromatic rings. The highest BCUT2D eigenvalue weighted by Gasteiger charge is 2.18. The number of benzene rings is 1. The zero-order valence-electron chi connectivity index (χ0n) is 9.14. The van der Waals surface area contributed by atoms with E-state index in [-0.39, 0.29) is 6.04 Å². The topological polar surface area (TPSA) is 23.5 Å². The van der Waals surface area contributed by atoms with Crippen LogP contribution >= 0.6 is 0 Å². The minimum absolute atomic E-state index is 0.155. The summed E-state index contributed by atoms with van der Waals surface area (Å²) in [4.78, 5) is 2.14. The molecule has 0 aromatic heterocycles. The van der Waals surface area contributed by atoms with E-state index in [1.807, 2.05) is 44.3 Å². The Labute approximate surface area is 86.2 Å². The van der Waals surface area contributed by atoms with Gasteiger partial charge in [-0.3, -0.25) is 0 Å². The smallest absolute Gasteiger partial charge is 0.0942 e. The Morgan fingerprint density at radius 2 is 1.86 bits per heavy atom. The molecule has 78 valence electrons. The van der Waals surface area contributed by atoms with E-state index in [0.29, 0.717) is 0 Å². The molecule has 0 fully saturated rings. The van der Waals surface area contributed by atoms with Crippen LogP contribution in [0.2, 0.25) is 0 Å². The summed E-state index contributed by atoms with van der Waals surface area (Å²) in [5, 5.41) is 10.0. The highest BCUT2D eigenvalue weighted by atomic mass is 16.3. The van der Waals surface area contributed by atoms with Crippen LogP contribution in [0.1, 0.15) is 25.5 Å². The second-order valence-electron chi connectivity index (χ2n) is 3.67. The van der Waals surface area contributed by atoms with E-state index in [1.165, 1.54) is 0 Å². The molecule has 2 atom stereocenters. The minimum atomic E-state index is -0.402. The van der Waals surface area contributed by atoms with Crippen molar-refractivity contribution in [1.29, 1.82) is 0 Å². The van der Waals surface area contributed by atoms with Crippen molar-refractivity contribution in [2.24, 2.45) is 0 Å². The summed E-state index contributed by atoms with van der Waals surface area (Å²) in [6, 6.07) is 9.95. The largest absolute Gasteiger partial charge is 0.387 e. The second kappa shape index (κ2) is 5.13. The molecule has 0 saturated carbocycles. The van der Waals surface area contributed by atoms with E-state index in [1.54, 1.807) is 0 Å². The third-order valence-corrected chi connectivity index (χ3v) is 2.79. The van der Waals surface area contributed by atoms with Crippen molar-refractivity contribution in [3.05, 3.63) is 35.9 Å². The molecule has 0 amide bonds. The Morgan fingerprint density at radius 1 is 1.29 bits per heavy atom. The molecular weight excluding hydrogens is 174 g/mol. The molecule has 1 unspecified atom stereocenters. The number of aliphatic hydroxyl groups is 1. The highest BCUT2D eigenvalue weighted by molar-refractivity contribution is 5.18. The van der Waals surface area contributed by atoms with Crippen LogP contribution in [0.4, 0.5) is 0 Å². The molecule has 2 heteroatoms. The number of likely N-dealkylation sites (N-methyl/N-ethyl adjacent to an activating group) is 1. The van der Waals surface area contributed by atoms with Crippen LogP contribution in [-0.2, 0) is 0 Å². The Morgan fingerprint density at radius 3 is 2.36 bits per heavy atom. The maximum atomic E-state index is 10.0. The van der Waals surface area contributed by atoms with Gasteiger partial charge in [0.2, 0.25) is 0 Å². The Kier molecular flexibility index (Phi) is 4.11. The molecule has 0 aliphatic rings. The lowest BCUT2D eigenvalue weighted by atomic mass is 10.0. The van der Waals surface area contributed by atoms with Gasteiger partial charge in [-0.25, -0.2) is 0 Å². The van der Waals surface area contributed by atoms with Crippen LogP contribution in [-0.4, -0.2) is 29.6 Å². The maximum absolute atomic E-state index is 10.0. The van der Waals surface area contributed by atoms with Gasteiger partial charge >= 0.3 is 0 Å². The molecule has 2 nitrogen and oxygen atoms in total. The van der Waals surface area contributed by atoms with Crippen molar-refractivity contribution in [1.82, 2.24) is 4.90 Å². The standard InChI is InChI=1S/C12H19NO/c1-4-13(3)10(2)12(14)11-8-6-5-7-9-11/h5-10,12,14H,4H2,1-3H3/t10-,12?/m1/s1. The first-order chi connectivity index (χ1) is 6.66. The van der Waals surface area contributed by atoms with Crippen LogP contribution in [0.3, 0.4) is 0 Å². The van der Waals surface area contributed by atoms with Crippen LogP contribution in [0, 0.1) is 0 Å². The lowest BCUT2D eigenvalue weighted by Crippen LogP contribution is -2.34. The average molecular weight is 193 g/mol. The van der Waals surface area contributed by atoms with Crippen LogP contribution < -0.4 is 0 Å². The first-order valence-electron chi connectivity index (χ1n) is 5.10.